The van der Waals surface area contributed by atoms with Gasteiger partial charge < -0.3 is 15.7 Å². The van der Waals surface area contributed by atoms with Crippen LogP contribution in [0.15, 0.2) is 93.9 Å². The van der Waals surface area contributed by atoms with Crippen LogP contribution in [0.4, 0.5) is 11.4 Å². The van der Waals surface area contributed by atoms with Gasteiger partial charge in [0.05, 0.1) is 16.9 Å². The minimum Gasteiger partial charge on any atom is -0.478 e. The zero-order valence-electron chi connectivity index (χ0n) is 19.7. The van der Waals surface area contributed by atoms with Crippen LogP contribution in [0.3, 0.4) is 0 Å². The molecule has 0 unspecified atom stereocenters. The monoisotopic (exact) mass is 634 g/mol. The van der Waals surface area contributed by atoms with Gasteiger partial charge in [-0.15, -0.1) is 0 Å². The van der Waals surface area contributed by atoms with E-state index in [1.807, 2.05) is 0 Å². The quantitative estimate of drug-likeness (QED) is 0.184. The molecule has 0 aromatic heterocycles. The number of aromatic carboxylic acids is 1. The largest absolute Gasteiger partial charge is 0.478 e. The first kappa shape index (κ1) is 27.0. The maximum atomic E-state index is 12.6. The number of halogens is 2. The maximum absolute atomic E-state index is 12.6. The first-order valence-electron chi connectivity index (χ1n) is 11.3. The molecule has 2 amide bonds. The lowest BCUT2D eigenvalue weighted by Crippen LogP contribution is -2.15. The molecular formula is C29H20Br2N2O5. The van der Waals surface area contributed by atoms with Crippen LogP contribution >= 0.6 is 31.9 Å². The third kappa shape index (κ3) is 6.62. The van der Waals surface area contributed by atoms with Gasteiger partial charge >= 0.3 is 5.97 Å². The van der Waals surface area contributed by atoms with Crippen LogP contribution in [-0.4, -0.2) is 29.2 Å². The van der Waals surface area contributed by atoms with E-state index in [0.717, 1.165) is 14.5 Å². The molecule has 38 heavy (non-hydrogen) atoms. The van der Waals surface area contributed by atoms with Gasteiger partial charge in [0.15, 0.2) is 6.29 Å². The van der Waals surface area contributed by atoms with Gasteiger partial charge in [-0.2, -0.15) is 0 Å². The molecule has 190 valence electrons. The van der Waals surface area contributed by atoms with Crippen molar-refractivity contribution in [2.45, 2.75) is 6.42 Å². The average molecular weight is 636 g/mol. The molecule has 4 aromatic rings. The summed E-state index contributed by atoms with van der Waals surface area (Å²) in [6, 6.07) is 23.4. The Hall–Kier alpha value is -4.08. The van der Waals surface area contributed by atoms with E-state index >= 15 is 0 Å². The van der Waals surface area contributed by atoms with E-state index in [9.17, 15) is 24.3 Å². The number of carboxylic acids is 1. The Morgan fingerprint density at radius 1 is 0.711 bits per heavy atom. The summed E-state index contributed by atoms with van der Waals surface area (Å²) in [6.45, 7) is 0. The first-order valence-corrected chi connectivity index (χ1v) is 12.9. The van der Waals surface area contributed by atoms with E-state index in [4.69, 9.17) is 0 Å². The summed E-state index contributed by atoms with van der Waals surface area (Å²) in [5.41, 5.74) is 3.01. The smallest absolute Gasteiger partial charge is 0.337 e. The van der Waals surface area contributed by atoms with Crippen molar-refractivity contribution in [3.05, 3.63) is 127 Å². The number of carboxylic acid groups (broad SMARTS) is 1. The second kappa shape index (κ2) is 12.0. The lowest BCUT2D eigenvalue weighted by Gasteiger charge is -2.12. The van der Waals surface area contributed by atoms with Gasteiger partial charge in [0.2, 0.25) is 0 Å². The van der Waals surface area contributed by atoms with Crippen LogP contribution in [0, 0.1) is 0 Å². The van der Waals surface area contributed by atoms with Gasteiger partial charge in [-0.05, 0) is 78.2 Å². The Kier molecular flexibility index (Phi) is 8.50. The molecule has 9 heteroatoms. The average Bonchev–Trinajstić information content (AvgIpc) is 2.90. The van der Waals surface area contributed by atoms with Crippen LogP contribution < -0.4 is 10.6 Å². The minimum atomic E-state index is -1.18. The molecule has 0 aliphatic heterocycles. The zero-order valence-corrected chi connectivity index (χ0v) is 22.9. The van der Waals surface area contributed by atoms with Gasteiger partial charge in [-0.1, -0.05) is 56.1 Å². The number of nitrogens with one attached hydrogen (secondary N) is 2. The van der Waals surface area contributed by atoms with E-state index < -0.39 is 11.9 Å². The van der Waals surface area contributed by atoms with Crippen molar-refractivity contribution in [3.63, 3.8) is 0 Å². The highest BCUT2D eigenvalue weighted by molar-refractivity contribution is 9.10. The molecule has 0 radical (unpaired) electrons. The third-order valence-corrected chi connectivity index (χ3v) is 6.62. The van der Waals surface area contributed by atoms with Crippen molar-refractivity contribution in [2.75, 3.05) is 10.6 Å². The molecule has 0 saturated carbocycles. The zero-order chi connectivity index (χ0) is 27.2. The van der Waals surface area contributed by atoms with Crippen LogP contribution in [0.1, 0.15) is 52.6 Å². The Labute approximate surface area is 235 Å². The van der Waals surface area contributed by atoms with E-state index in [1.54, 1.807) is 78.9 Å². The van der Waals surface area contributed by atoms with Crippen molar-refractivity contribution < 1.29 is 24.3 Å². The molecule has 0 heterocycles. The Bertz CT molecular complexity index is 1570. The van der Waals surface area contributed by atoms with Gasteiger partial charge in [-0.3, -0.25) is 14.4 Å². The van der Waals surface area contributed by atoms with Gasteiger partial charge in [0.1, 0.15) is 0 Å². The highest BCUT2D eigenvalue weighted by Crippen LogP contribution is 2.24. The van der Waals surface area contributed by atoms with Crippen molar-refractivity contribution in [2.24, 2.45) is 0 Å². The van der Waals surface area contributed by atoms with E-state index in [2.05, 4.69) is 42.5 Å². The molecule has 0 atom stereocenters. The number of hydrogen-bond donors (Lipinski definition) is 3. The lowest BCUT2D eigenvalue weighted by molar-refractivity contribution is 0.0697. The second-order valence-corrected chi connectivity index (χ2v) is 10.2. The van der Waals surface area contributed by atoms with Crippen molar-refractivity contribution in [1.29, 1.82) is 0 Å². The summed E-state index contributed by atoms with van der Waals surface area (Å²) in [7, 11) is 0. The minimum absolute atomic E-state index is 0.0561. The number of rotatable bonds is 8. The summed E-state index contributed by atoms with van der Waals surface area (Å²) in [5.74, 6) is -1.97. The number of carbonyl (C=O) groups excluding carboxylic acids is 3. The topological polar surface area (TPSA) is 113 Å². The Balaban J connectivity index is 1.52. The number of carbonyl (C=O) groups is 4. The molecule has 7 nitrogen and oxygen atoms in total. The molecule has 4 rings (SSSR count). The summed E-state index contributed by atoms with van der Waals surface area (Å²) >= 11 is 6.65. The highest BCUT2D eigenvalue weighted by atomic mass is 79.9. The van der Waals surface area contributed by atoms with Crippen LogP contribution in [0.5, 0.6) is 0 Å². The van der Waals surface area contributed by atoms with Crippen molar-refractivity contribution in [1.82, 2.24) is 0 Å². The molecule has 0 fully saturated rings. The molecule has 4 aromatic carbocycles. The number of anilines is 2. The summed E-state index contributed by atoms with van der Waals surface area (Å²) in [5, 5.41) is 15.2. The maximum Gasteiger partial charge on any atom is 0.337 e. The van der Waals surface area contributed by atoms with Crippen LogP contribution in [-0.2, 0) is 6.42 Å². The highest BCUT2D eigenvalue weighted by Gasteiger charge is 2.16. The molecular weight excluding hydrogens is 616 g/mol. The molecule has 0 spiro atoms. The van der Waals surface area contributed by atoms with Gasteiger partial charge in [0.25, 0.3) is 11.8 Å². The molecule has 0 saturated heterocycles. The fraction of sp³-hybridized carbons (Fsp3) is 0.0345. The SMILES string of the molecule is O=Cc1cc(Cc2ccc(NC(=O)c3cccc(Br)c3)c(C(=O)O)c2)ccc1NC(=O)c1cccc(Br)c1. The van der Waals surface area contributed by atoms with Crippen LogP contribution in [0.2, 0.25) is 0 Å². The van der Waals surface area contributed by atoms with Crippen LogP contribution in [0.25, 0.3) is 0 Å². The van der Waals surface area contributed by atoms with Crippen molar-refractivity contribution >= 4 is 67.3 Å². The molecule has 3 N–H and O–H groups in total. The Morgan fingerprint density at radius 2 is 1.24 bits per heavy atom. The van der Waals surface area contributed by atoms with Gasteiger partial charge in [0, 0.05) is 25.6 Å². The molecule has 0 bridgehead atoms. The predicted molar refractivity (Wildman–Crippen MR) is 152 cm³/mol. The summed E-state index contributed by atoms with van der Waals surface area (Å²) in [4.78, 5) is 48.9. The Morgan fingerprint density at radius 3 is 1.76 bits per heavy atom. The lowest BCUT2D eigenvalue weighted by atomic mass is 9.99. The number of amides is 2. The normalized spacial score (nSPS) is 10.5. The van der Waals surface area contributed by atoms with E-state index in [1.165, 1.54) is 6.07 Å². The fourth-order valence-corrected chi connectivity index (χ4v) is 4.60. The van der Waals surface area contributed by atoms with Gasteiger partial charge in [-0.25, -0.2) is 4.79 Å². The van der Waals surface area contributed by atoms with E-state index in [0.29, 0.717) is 40.6 Å². The molecule has 0 aliphatic carbocycles. The van der Waals surface area contributed by atoms with E-state index in [-0.39, 0.29) is 17.2 Å². The second-order valence-electron chi connectivity index (χ2n) is 8.33. The van der Waals surface area contributed by atoms with Crippen molar-refractivity contribution in [3.8, 4) is 0 Å². The third-order valence-electron chi connectivity index (χ3n) is 5.64. The first-order chi connectivity index (χ1) is 18.2. The number of benzene rings is 4. The molecule has 0 aliphatic rings. The summed E-state index contributed by atoms with van der Waals surface area (Å²) < 4.78 is 1.49. The number of hydrogen-bond acceptors (Lipinski definition) is 4. The summed E-state index contributed by atoms with van der Waals surface area (Å²) in [6.07, 6.45) is 0.990. The predicted octanol–water partition coefficient (Wildman–Crippen LogP) is 6.82. The number of aldehydes is 1. The standard InChI is InChI=1S/C29H20Br2N2O5/c30-22-5-1-3-19(14-22)27(35)32-25-9-7-17(12-21(25)16-34)11-18-8-10-26(24(13-18)29(37)38)33-28(36)20-4-2-6-23(31)15-20/h1-10,12-16H,11H2,(H,32,35)(H,33,36)(H,37,38). The fourth-order valence-electron chi connectivity index (χ4n) is 3.80.